The number of hydrogen-bond acceptors (Lipinski definition) is 10. The molecular weight excluding hydrogens is 739 g/mol. The molecule has 58 heavy (non-hydrogen) atoms. The quantitative estimate of drug-likeness (QED) is 0.0227. The first-order valence-corrected chi connectivity index (χ1v) is 23.4. The molecule has 340 valence electrons. The van der Waals surface area contributed by atoms with Gasteiger partial charge in [-0.2, -0.15) is 0 Å². The van der Waals surface area contributed by atoms with Gasteiger partial charge in [-0.25, -0.2) is 0 Å². The lowest BCUT2D eigenvalue weighted by molar-refractivity contribution is -0.303. The van der Waals surface area contributed by atoms with Crippen LogP contribution in [0.4, 0.5) is 0 Å². The third-order valence-electron chi connectivity index (χ3n) is 11.1. The van der Waals surface area contributed by atoms with E-state index >= 15 is 0 Å². The Bertz CT molecular complexity index is 1040. The summed E-state index contributed by atoms with van der Waals surface area (Å²) in [5, 5.41) is 75.5. The van der Waals surface area contributed by atoms with Gasteiger partial charge in [-0.3, -0.25) is 4.79 Å². The van der Waals surface area contributed by atoms with Gasteiger partial charge in [0.15, 0.2) is 6.29 Å². The third-order valence-corrected chi connectivity index (χ3v) is 11.1. The Morgan fingerprint density at radius 1 is 0.586 bits per heavy atom. The van der Waals surface area contributed by atoms with Crippen LogP contribution in [0.5, 0.6) is 0 Å². The van der Waals surface area contributed by atoms with Gasteiger partial charge in [0.05, 0.1) is 25.4 Å². The maximum atomic E-state index is 13.1. The molecule has 11 nitrogen and oxygen atoms in total. The van der Waals surface area contributed by atoms with E-state index in [1.165, 1.54) is 83.5 Å². The molecular formula is C47H87NO10. The van der Waals surface area contributed by atoms with Crippen LogP contribution in [0.3, 0.4) is 0 Å². The lowest BCUT2D eigenvalue weighted by Gasteiger charge is -2.40. The topological polar surface area (TPSA) is 189 Å². The zero-order valence-corrected chi connectivity index (χ0v) is 36.5. The summed E-state index contributed by atoms with van der Waals surface area (Å²) in [7, 11) is 0. The van der Waals surface area contributed by atoms with Crippen molar-refractivity contribution in [3.8, 4) is 0 Å². The Morgan fingerprint density at radius 3 is 1.57 bits per heavy atom. The number of allylic oxidation sites excluding steroid dienone is 6. The van der Waals surface area contributed by atoms with Crippen LogP contribution in [0.15, 0.2) is 36.5 Å². The number of carbonyl (C=O) groups excluding carboxylic acids is 1. The summed E-state index contributed by atoms with van der Waals surface area (Å²) in [6.07, 6.45) is 30.6. The van der Waals surface area contributed by atoms with Crippen molar-refractivity contribution in [3.63, 3.8) is 0 Å². The SMILES string of the molecule is CCCCC/C=C/CC/C=C/CCCC(O)C(O)C(COC1OC(CO)C(O)C(O)C1O)NC(=O)C(O)CCCCCCCC/C=C\CCCCCCCCCCC. The standard InChI is InChI=1S/C47H87NO10/c1-3-5-7-9-11-13-15-17-18-19-20-21-22-23-25-27-29-31-33-35-40(51)46(56)48-38(37-57-47-45(55)44(54)43(53)41(36-49)58-47)42(52)39(50)34-32-30-28-26-24-16-14-12-10-8-6-4-2/h12,14,20-21,26,28,38-45,47,49-55H,3-11,13,15-19,22-25,27,29-37H2,1-2H3,(H,48,56)/b14-12+,21-20-,28-26+. The molecule has 1 aliphatic heterocycles. The van der Waals surface area contributed by atoms with Crippen molar-refractivity contribution in [2.24, 2.45) is 0 Å². The van der Waals surface area contributed by atoms with Gasteiger partial charge < -0.3 is 50.5 Å². The Kier molecular flexibility index (Phi) is 34.8. The second kappa shape index (κ2) is 37.1. The molecule has 0 radical (unpaired) electrons. The summed E-state index contributed by atoms with van der Waals surface area (Å²) in [6, 6.07) is -1.19. The van der Waals surface area contributed by atoms with Gasteiger partial charge in [0.2, 0.25) is 5.91 Å². The molecule has 1 rings (SSSR count). The Hall–Kier alpha value is -1.67. The molecule has 0 aromatic heterocycles. The summed E-state index contributed by atoms with van der Waals surface area (Å²) in [5.41, 5.74) is 0. The first kappa shape index (κ1) is 54.3. The van der Waals surface area contributed by atoms with Crippen LogP contribution in [-0.4, -0.2) is 110 Å². The molecule has 0 aliphatic carbocycles. The monoisotopic (exact) mass is 826 g/mol. The zero-order chi connectivity index (χ0) is 42.6. The number of unbranched alkanes of at least 4 members (excludes halogenated alkanes) is 20. The van der Waals surface area contributed by atoms with E-state index in [2.05, 4.69) is 55.6 Å². The molecule has 1 fully saturated rings. The van der Waals surface area contributed by atoms with Crippen LogP contribution in [-0.2, 0) is 14.3 Å². The summed E-state index contributed by atoms with van der Waals surface area (Å²) in [5.74, 6) is -0.717. The fourth-order valence-corrected chi connectivity index (χ4v) is 7.21. The molecule has 1 saturated heterocycles. The summed E-state index contributed by atoms with van der Waals surface area (Å²) in [6.45, 7) is 3.37. The molecule has 9 unspecified atom stereocenters. The molecule has 0 bridgehead atoms. The van der Waals surface area contributed by atoms with Gasteiger partial charge in [-0.15, -0.1) is 0 Å². The number of aliphatic hydroxyl groups excluding tert-OH is 7. The van der Waals surface area contributed by atoms with Crippen molar-refractivity contribution < 1.29 is 50.0 Å². The van der Waals surface area contributed by atoms with Crippen LogP contribution >= 0.6 is 0 Å². The summed E-state index contributed by atoms with van der Waals surface area (Å²) in [4.78, 5) is 13.1. The first-order chi connectivity index (χ1) is 28.2. The van der Waals surface area contributed by atoms with Gasteiger partial charge in [-0.1, -0.05) is 147 Å². The summed E-state index contributed by atoms with van der Waals surface area (Å²) < 4.78 is 11.1. The molecule has 0 aromatic carbocycles. The van der Waals surface area contributed by atoms with Gasteiger partial charge in [-0.05, 0) is 77.0 Å². The Balaban J connectivity index is 2.45. The Morgan fingerprint density at radius 2 is 1.03 bits per heavy atom. The van der Waals surface area contributed by atoms with E-state index < -0.39 is 74.2 Å². The Labute approximate surface area is 352 Å². The molecule has 0 aromatic rings. The van der Waals surface area contributed by atoms with Crippen molar-refractivity contribution in [1.82, 2.24) is 5.32 Å². The lowest BCUT2D eigenvalue weighted by atomic mass is 9.98. The third kappa shape index (κ3) is 26.5. The van der Waals surface area contributed by atoms with Crippen LogP contribution in [0.2, 0.25) is 0 Å². The smallest absolute Gasteiger partial charge is 0.249 e. The highest BCUT2D eigenvalue weighted by Crippen LogP contribution is 2.23. The van der Waals surface area contributed by atoms with Gasteiger partial charge in [0.25, 0.3) is 0 Å². The highest BCUT2D eigenvalue weighted by atomic mass is 16.7. The number of ether oxygens (including phenoxy) is 2. The van der Waals surface area contributed by atoms with Crippen molar-refractivity contribution in [1.29, 1.82) is 0 Å². The maximum Gasteiger partial charge on any atom is 0.249 e. The summed E-state index contributed by atoms with van der Waals surface area (Å²) >= 11 is 0. The van der Waals surface area contributed by atoms with E-state index in [9.17, 15) is 40.5 Å². The predicted octanol–water partition coefficient (Wildman–Crippen LogP) is 7.61. The predicted molar refractivity (Wildman–Crippen MR) is 233 cm³/mol. The second-order valence-corrected chi connectivity index (χ2v) is 16.5. The van der Waals surface area contributed by atoms with E-state index in [0.29, 0.717) is 19.3 Å². The number of aliphatic hydroxyl groups is 7. The number of hydrogen-bond donors (Lipinski definition) is 8. The average molecular weight is 826 g/mol. The van der Waals surface area contributed by atoms with E-state index in [-0.39, 0.29) is 12.8 Å². The minimum absolute atomic E-state index is 0.243. The highest BCUT2D eigenvalue weighted by molar-refractivity contribution is 5.80. The zero-order valence-electron chi connectivity index (χ0n) is 36.5. The van der Waals surface area contributed by atoms with E-state index in [4.69, 9.17) is 9.47 Å². The molecule has 0 saturated carbocycles. The fraction of sp³-hybridized carbons (Fsp3) is 0.851. The van der Waals surface area contributed by atoms with Gasteiger partial charge in [0, 0.05) is 0 Å². The number of rotatable bonds is 38. The molecule has 0 spiro atoms. The maximum absolute atomic E-state index is 13.1. The molecule has 11 heteroatoms. The van der Waals surface area contributed by atoms with Gasteiger partial charge in [0.1, 0.15) is 36.6 Å². The van der Waals surface area contributed by atoms with E-state index in [1.807, 2.05) is 0 Å². The minimum Gasteiger partial charge on any atom is -0.394 e. The first-order valence-electron chi connectivity index (χ1n) is 23.4. The van der Waals surface area contributed by atoms with Gasteiger partial charge >= 0.3 is 0 Å². The molecule has 1 amide bonds. The number of amides is 1. The molecule has 8 N–H and O–H groups in total. The number of carbonyl (C=O) groups is 1. The largest absolute Gasteiger partial charge is 0.394 e. The van der Waals surface area contributed by atoms with Crippen molar-refractivity contribution >= 4 is 5.91 Å². The lowest BCUT2D eigenvalue weighted by Crippen LogP contribution is -2.60. The molecule has 9 atom stereocenters. The van der Waals surface area contributed by atoms with E-state index in [1.54, 1.807) is 0 Å². The number of nitrogens with one attached hydrogen (secondary N) is 1. The van der Waals surface area contributed by atoms with Crippen molar-refractivity contribution in [2.45, 2.75) is 242 Å². The normalized spacial score (nSPS) is 22.3. The van der Waals surface area contributed by atoms with Crippen LogP contribution in [0, 0.1) is 0 Å². The minimum atomic E-state index is -1.67. The van der Waals surface area contributed by atoms with Crippen LogP contribution < -0.4 is 5.32 Å². The van der Waals surface area contributed by atoms with Crippen LogP contribution in [0.25, 0.3) is 0 Å². The van der Waals surface area contributed by atoms with Crippen LogP contribution in [0.1, 0.15) is 187 Å². The second-order valence-electron chi connectivity index (χ2n) is 16.5. The highest BCUT2D eigenvalue weighted by Gasteiger charge is 2.44. The molecule has 1 aliphatic rings. The average Bonchev–Trinajstić information content (AvgIpc) is 3.22. The molecule has 1 heterocycles. The van der Waals surface area contributed by atoms with E-state index in [0.717, 1.165) is 57.8 Å². The van der Waals surface area contributed by atoms with Crippen molar-refractivity contribution in [3.05, 3.63) is 36.5 Å². The fourth-order valence-electron chi connectivity index (χ4n) is 7.21. The van der Waals surface area contributed by atoms with Crippen molar-refractivity contribution in [2.75, 3.05) is 13.2 Å².